The second-order valence-corrected chi connectivity index (χ2v) is 6.66. The number of carbonyl (C=O) groups is 4. The second-order valence-electron chi connectivity index (χ2n) is 6.66. The van der Waals surface area contributed by atoms with Gasteiger partial charge in [0.05, 0.1) is 25.4 Å². The number of ether oxygens (including phenoxy) is 3. The van der Waals surface area contributed by atoms with Gasteiger partial charge in [0.15, 0.2) is 0 Å². The van der Waals surface area contributed by atoms with E-state index in [0.29, 0.717) is 12.8 Å². The lowest BCUT2D eigenvalue weighted by atomic mass is 10.2. The van der Waals surface area contributed by atoms with Gasteiger partial charge in [-0.25, -0.2) is 0 Å². The van der Waals surface area contributed by atoms with E-state index in [1.165, 1.54) is 13.8 Å². The SMILES string of the molecule is CCC(C=CCCOC(=O)CC(C)=O)OC(C=CCCOC(=O)CC(C)=O)CC. The fourth-order valence-corrected chi connectivity index (χ4v) is 2.27. The highest BCUT2D eigenvalue weighted by atomic mass is 16.5. The Kier molecular flexibility index (Phi) is 15.3. The number of hydrogen-bond acceptors (Lipinski definition) is 7. The van der Waals surface area contributed by atoms with Crippen molar-refractivity contribution in [1.29, 1.82) is 0 Å². The van der Waals surface area contributed by atoms with Crippen molar-refractivity contribution in [3.8, 4) is 0 Å². The van der Waals surface area contributed by atoms with Crippen LogP contribution in [0.5, 0.6) is 0 Å². The van der Waals surface area contributed by atoms with E-state index in [1.54, 1.807) is 0 Å². The van der Waals surface area contributed by atoms with E-state index >= 15 is 0 Å². The van der Waals surface area contributed by atoms with Gasteiger partial charge in [-0.2, -0.15) is 0 Å². The van der Waals surface area contributed by atoms with E-state index in [2.05, 4.69) is 0 Å². The Balaban J connectivity index is 4.19. The lowest BCUT2D eigenvalue weighted by molar-refractivity contribution is -0.147. The minimum atomic E-state index is -0.502. The van der Waals surface area contributed by atoms with E-state index in [0.717, 1.165) is 12.8 Å². The van der Waals surface area contributed by atoms with Crippen molar-refractivity contribution in [3.05, 3.63) is 24.3 Å². The summed E-state index contributed by atoms with van der Waals surface area (Å²) in [7, 11) is 0. The number of ketones is 2. The number of rotatable bonds is 16. The van der Waals surface area contributed by atoms with Crippen molar-refractivity contribution in [2.24, 2.45) is 0 Å². The zero-order valence-corrected chi connectivity index (χ0v) is 18.0. The van der Waals surface area contributed by atoms with Crippen LogP contribution in [-0.4, -0.2) is 48.9 Å². The molecule has 0 aromatic heterocycles. The molecular formula is C22H34O7. The van der Waals surface area contributed by atoms with Crippen molar-refractivity contribution in [3.63, 3.8) is 0 Å². The molecule has 0 aliphatic rings. The number of carbonyl (C=O) groups excluding carboxylic acids is 4. The summed E-state index contributed by atoms with van der Waals surface area (Å²) in [6.07, 6.45) is 9.90. The van der Waals surface area contributed by atoms with Crippen molar-refractivity contribution >= 4 is 23.5 Å². The average molecular weight is 411 g/mol. The van der Waals surface area contributed by atoms with Crippen LogP contribution in [0.4, 0.5) is 0 Å². The highest BCUT2D eigenvalue weighted by Gasteiger charge is 2.09. The second kappa shape index (κ2) is 16.7. The highest BCUT2D eigenvalue weighted by molar-refractivity contribution is 5.94. The molecule has 0 spiro atoms. The summed E-state index contributed by atoms with van der Waals surface area (Å²) >= 11 is 0. The van der Waals surface area contributed by atoms with E-state index in [4.69, 9.17) is 14.2 Å². The maximum absolute atomic E-state index is 11.3. The van der Waals surface area contributed by atoms with Crippen LogP contribution in [0.15, 0.2) is 24.3 Å². The Bertz CT molecular complexity index is 528. The summed E-state index contributed by atoms with van der Waals surface area (Å²) in [6.45, 7) is 7.21. The molecule has 0 saturated heterocycles. The Morgan fingerprint density at radius 3 is 1.41 bits per heavy atom. The maximum atomic E-state index is 11.3. The zero-order chi connectivity index (χ0) is 22.1. The fraction of sp³-hybridized carbons (Fsp3) is 0.636. The van der Waals surface area contributed by atoms with Crippen molar-refractivity contribution in [2.75, 3.05) is 13.2 Å². The van der Waals surface area contributed by atoms with Gasteiger partial charge >= 0.3 is 11.9 Å². The van der Waals surface area contributed by atoms with Crippen LogP contribution in [0.3, 0.4) is 0 Å². The number of hydrogen-bond donors (Lipinski definition) is 0. The standard InChI is InChI=1S/C22H34O7/c1-5-19(11-7-9-13-27-21(25)15-17(3)23)29-20(6-2)12-8-10-14-28-22(26)16-18(4)24/h7-8,11-12,19-20H,5-6,9-10,13-16H2,1-4H3. The van der Waals surface area contributed by atoms with Gasteiger partial charge in [0, 0.05) is 0 Å². The summed E-state index contributed by atoms with van der Waals surface area (Å²) in [5.74, 6) is -1.43. The quantitative estimate of drug-likeness (QED) is 0.166. The van der Waals surface area contributed by atoms with Crippen LogP contribution in [-0.2, 0) is 33.4 Å². The first-order valence-corrected chi connectivity index (χ1v) is 10.1. The number of esters is 2. The normalized spacial score (nSPS) is 13.4. The van der Waals surface area contributed by atoms with Crippen LogP contribution in [0.1, 0.15) is 66.2 Å². The average Bonchev–Trinajstić information content (AvgIpc) is 2.63. The predicted octanol–water partition coefficient (Wildman–Crippen LogP) is 3.50. The van der Waals surface area contributed by atoms with Gasteiger partial charge in [0.25, 0.3) is 0 Å². The van der Waals surface area contributed by atoms with Crippen LogP contribution in [0, 0.1) is 0 Å². The molecule has 0 aliphatic carbocycles. The van der Waals surface area contributed by atoms with Gasteiger partial charge in [-0.1, -0.05) is 38.2 Å². The van der Waals surface area contributed by atoms with Crippen molar-refractivity contribution < 1.29 is 33.4 Å². The fourth-order valence-electron chi connectivity index (χ4n) is 2.27. The molecular weight excluding hydrogens is 376 g/mol. The van der Waals surface area contributed by atoms with E-state index in [-0.39, 0.29) is 49.8 Å². The first-order chi connectivity index (χ1) is 13.8. The summed E-state index contributed by atoms with van der Waals surface area (Å²) in [5.41, 5.74) is 0. The monoisotopic (exact) mass is 410 g/mol. The van der Waals surface area contributed by atoms with Crippen molar-refractivity contribution in [2.45, 2.75) is 78.4 Å². The number of Topliss-reactive ketones (excluding diaryl/α,β-unsaturated/α-hetero) is 2. The van der Waals surface area contributed by atoms with Gasteiger partial charge in [0.1, 0.15) is 24.4 Å². The third-order valence-electron chi connectivity index (χ3n) is 3.74. The summed E-state index contributed by atoms with van der Waals surface area (Å²) in [5, 5.41) is 0. The largest absolute Gasteiger partial charge is 0.465 e. The van der Waals surface area contributed by atoms with Crippen LogP contribution in [0.25, 0.3) is 0 Å². The summed E-state index contributed by atoms with van der Waals surface area (Å²) in [6, 6.07) is 0. The van der Waals surface area contributed by atoms with E-state index < -0.39 is 11.9 Å². The van der Waals surface area contributed by atoms with Crippen LogP contribution in [0.2, 0.25) is 0 Å². The molecule has 0 heterocycles. The van der Waals surface area contributed by atoms with E-state index in [1.807, 2.05) is 38.2 Å². The highest BCUT2D eigenvalue weighted by Crippen LogP contribution is 2.10. The molecule has 2 unspecified atom stereocenters. The summed E-state index contributed by atoms with van der Waals surface area (Å²) in [4.78, 5) is 44.2. The van der Waals surface area contributed by atoms with Crippen LogP contribution < -0.4 is 0 Å². The molecule has 0 aromatic rings. The van der Waals surface area contributed by atoms with Gasteiger partial charge in [-0.15, -0.1) is 0 Å². The van der Waals surface area contributed by atoms with Gasteiger partial charge in [-0.3, -0.25) is 19.2 Å². The Hall–Kier alpha value is -2.28. The van der Waals surface area contributed by atoms with Crippen LogP contribution >= 0.6 is 0 Å². The summed E-state index contributed by atoms with van der Waals surface area (Å²) < 4.78 is 16.0. The first-order valence-electron chi connectivity index (χ1n) is 10.1. The third kappa shape index (κ3) is 16.4. The molecule has 0 aromatic carbocycles. The lowest BCUT2D eigenvalue weighted by Gasteiger charge is -2.18. The molecule has 0 bridgehead atoms. The first kappa shape index (κ1) is 26.7. The molecule has 0 amide bonds. The minimum Gasteiger partial charge on any atom is -0.465 e. The molecule has 7 nitrogen and oxygen atoms in total. The molecule has 0 aliphatic heterocycles. The Morgan fingerprint density at radius 2 is 1.10 bits per heavy atom. The molecule has 0 saturated carbocycles. The molecule has 29 heavy (non-hydrogen) atoms. The van der Waals surface area contributed by atoms with Gasteiger partial charge in [-0.05, 0) is 39.5 Å². The third-order valence-corrected chi connectivity index (χ3v) is 3.74. The molecule has 7 heteroatoms. The topological polar surface area (TPSA) is 96.0 Å². The van der Waals surface area contributed by atoms with Crippen molar-refractivity contribution in [1.82, 2.24) is 0 Å². The lowest BCUT2D eigenvalue weighted by Crippen LogP contribution is -2.18. The predicted molar refractivity (Wildman–Crippen MR) is 109 cm³/mol. The smallest absolute Gasteiger partial charge is 0.313 e. The maximum Gasteiger partial charge on any atom is 0.313 e. The minimum absolute atomic E-state index is 0.0640. The van der Waals surface area contributed by atoms with Gasteiger partial charge in [0.2, 0.25) is 0 Å². The molecule has 0 fully saturated rings. The Morgan fingerprint density at radius 1 is 0.724 bits per heavy atom. The van der Waals surface area contributed by atoms with E-state index in [9.17, 15) is 19.2 Å². The molecule has 0 rings (SSSR count). The molecule has 164 valence electrons. The molecule has 0 N–H and O–H groups in total. The zero-order valence-electron chi connectivity index (χ0n) is 18.0. The Labute approximate surface area is 173 Å². The molecule has 0 radical (unpaired) electrons. The molecule has 2 atom stereocenters. The van der Waals surface area contributed by atoms with Gasteiger partial charge < -0.3 is 14.2 Å².